The number of hydrogen-bond donors (Lipinski definition) is 1. The van der Waals surface area contributed by atoms with Gasteiger partial charge in [0.2, 0.25) is 0 Å². The zero-order valence-corrected chi connectivity index (χ0v) is 12.3. The molecule has 0 aliphatic carbocycles. The van der Waals surface area contributed by atoms with Crippen LogP contribution in [0.5, 0.6) is 0 Å². The predicted octanol–water partition coefficient (Wildman–Crippen LogP) is 2.59. The molecule has 0 bridgehead atoms. The van der Waals surface area contributed by atoms with Crippen LogP contribution in [0.1, 0.15) is 37.3 Å². The number of ether oxygens (including phenoxy) is 1. The number of rotatable bonds is 5. The van der Waals surface area contributed by atoms with Crippen molar-refractivity contribution < 1.29 is 4.74 Å². The molecule has 3 rings (SSSR count). The lowest BCUT2D eigenvalue weighted by molar-refractivity contribution is 0.0929. The van der Waals surface area contributed by atoms with E-state index in [4.69, 9.17) is 4.74 Å². The van der Waals surface area contributed by atoms with Crippen LogP contribution >= 0.6 is 0 Å². The van der Waals surface area contributed by atoms with Crippen LogP contribution in [0, 0.1) is 0 Å². The number of benzene rings is 1. The monoisotopic (exact) mass is 274 g/mol. The van der Waals surface area contributed by atoms with Gasteiger partial charge in [-0.1, -0.05) is 30.3 Å². The first-order chi connectivity index (χ1) is 9.93. The Kier molecular flexibility index (Phi) is 5.06. The second-order valence-corrected chi connectivity index (χ2v) is 5.94. The summed E-state index contributed by atoms with van der Waals surface area (Å²) >= 11 is 0. The molecule has 1 aromatic rings. The van der Waals surface area contributed by atoms with Crippen molar-refractivity contribution in [3.63, 3.8) is 0 Å². The van der Waals surface area contributed by atoms with Gasteiger partial charge in [0.1, 0.15) is 0 Å². The van der Waals surface area contributed by atoms with Gasteiger partial charge in [-0.3, -0.25) is 4.90 Å². The van der Waals surface area contributed by atoms with E-state index in [1.807, 2.05) is 0 Å². The molecule has 2 atom stereocenters. The van der Waals surface area contributed by atoms with Crippen LogP contribution < -0.4 is 5.32 Å². The second kappa shape index (κ2) is 7.21. The summed E-state index contributed by atoms with van der Waals surface area (Å²) < 4.78 is 5.72. The molecular weight excluding hydrogens is 248 g/mol. The third-order valence-electron chi connectivity index (χ3n) is 4.53. The molecule has 0 spiro atoms. The smallest absolute Gasteiger partial charge is 0.0576 e. The minimum absolute atomic E-state index is 0.535. The van der Waals surface area contributed by atoms with Crippen LogP contribution in [-0.2, 0) is 4.74 Å². The van der Waals surface area contributed by atoms with Crippen molar-refractivity contribution in [2.75, 3.05) is 32.8 Å². The Morgan fingerprint density at radius 1 is 1.25 bits per heavy atom. The molecule has 1 N–H and O–H groups in total. The van der Waals surface area contributed by atoms with E-state index in [2.05, 4.69) is 40.5 Å². The number of piperazine rings is 1. The van der Waals surface area contributed by atoms with Crippen LogP contribution in [0.3, 0.4) is 0 Å². The van der Waals surface area contributed by atoms with E-state index < -0.39 is 0 Å². The largest absolute Gasteiger partial charge is 0.378 e. The summed E-state index contributed by atoms with van der Waals surface area (Å²) in [6.07, 6.45) is 5.54. The van der Waals surface area contributed by atoms with E-state index in [9.17, 15) is 0 Å². The lowest BCUT2D eigenvalue weighted by Gasteiger charge is -2.36. The predicted molar refractivity (Wildman–Crippen MR) is 81.8 cm³/mol. The molecule has 0 saturated carbocycles. The van der Waals surface area contributed by atoms with E-state index in [1.54, 1.807) is 0 Å². The summed E-state index contributed by atoms with van der Waals surface area (Å²) in [6, 6.07) is 11.4. The van der Waals surface area contributed by atoms with Gasteiger partial charge in [-0.2, -0.15) is 0 Å². The third-order valence-corrected chi connectivity index (χ3v) is 4.53. The lowest BCUT2D eigenvalue weighted by atomic mass is 10.0. The SMILES string of the molecule is c1ccc(C2CNCCN2CCCC2CCCO2)cc1. The fourth-order valence-corrected chi connectivity index (χ4v) is 3.41. The average Bonchev–Trinajstić information content (AvgIpc) is 3.02. The first-order valence-corrected chi connectivity index (χ1v) is 8.05. The molecule has 2 unspecified atom stereocenters. The van der Waals surface area contributed by atoms with E-state index >= 15 is 0 Å². The molecule has 1 aromatic carbocycles. The minimum atomic E-state index is 0.535. The summed E-state index contributed by atoms with van der Waals surface area (Å²) in [5.74, 6) is 0. The summed E-state index contributed by atoms with van der Waals surface area (Å²) in [5, 5.41) is 3.53. The van der Waals surface area contributed by atoms with Crippen LogP contribution in [0.25, 0.3) is 0 Å². The quantitative estimate of drug-likeness (QED) is 0.893. The Bertz CT molecular complexity index is 389. The standard InChI is InChI=1S/C17H26N2O/c1-2-6-15(7-3-1)17-14-18-10-12-19(17)11-4-8-16-9-5-13-20-16/h1-3,6-7,16-18H,4-5,8-14H2. The van der Waals surface area contributed by atoms with Crippen LogP contribution in [0.4, 0.5) is 0 Å². The maximum Gasteiger partial charge on any atom is 0.0576 e. The minimum Gasteiger partial charge on any atom is -0.378 e. The van der Waals surface area contributed by atoms with Gasteiger partial charge in [0, 0.05) is 32.3 Å². The molecular formula is C17H26N2O. The first-order valence-electron chi connectivity index (χ1n) is 8.05. The van der Waals surface area contributed by atoms with E-state index in [0.717, 1.165) is 26.2 Å². The van der Waals surface area contributed by atoms with Crippen molar-refractivity contribution in [2.45, 2.75) is 37.8 Å². The molecule has 2 fully saturated rings. The Morgan fingerprint density at radius 2 is 2.15 bits per heavy atom. The molecule has 3 nitrogen and oxygen atoms in total. The molecule has 2 aliphatic heterocycles. The van der Waals surface area contributed by atoms with Gasteiger partial charge < -0.3 is 10.1 Å². The number of nitrogens with zero attached hydrogens (tertiary/aromatic N) is 1. The Labute approximate surface area is 122 Å². The van der Waals surface area contributed by atoms with Crippen molar-refractivity contribution in [2.24, 2.45) is 0 Å². The zero-order valence-electron chi connectivity index (χ0n) is 12.3. The summed E-state index contributed by atoms with van der Waals surface area (Å²) in [6.45, 7) is 5.52. The van der Waals surface area contributed by atoms with Crippen molar-refractivity contribution in [3.8, 4) is 0 Å². The second-order valence-electron chi connectivity index (χ2n) is 5.94. The van der Waals surface area contributed by atoms with E-state index in [1.165, 1.54) is 37.8 Å². The fourth-order valence-electron chi connectivity index (χ4n) is 3.41. The highest BCUT2D eigenvalue weighted by molar-refractivity contribution is 5.20. The van der Waals surface area contributed by atoms with E-state index in [-0.39, 0.29) is 0 Å². The van der Waals surface area contributed by atoms with Crippen molar-refractivity contribution in [1.82, 2.24) is 10.2 Å². The zero-order chi connectivity index (χ0) is 13.6. The molecule has 2 aliphatic rings. The van der Waals surface area contributed by atoms with Crippen LogP contribution in [0.2, 0.25) is 0 Å². The van der Waals surface area contributed by atoms with Crippen LogP contribution in [-0.4, -0.2) is 43.8 Å². The first kappa shape index (κ1) is 14.1. The van der Waals surface area contributed by atoms with Crippen molar-refractivity contribution in [3.05, 3.63) is 35.9 Å². The molecule has 0 amide bonds. The van der Waals surface area contributed by atoms with Crippen molar-refractivity contribution >= 4 is 0 Å². The average molecular weight is 274 g/mol. The Balaban J connectivity index is 1.52. The third kappa shape index (κ3) is 3.60. The van der Waals surface area contributed by atoms with Crippen LogP contribution in [0.15, 0.2) is 30.3 Å². The Hall–Kier alpha value is -0.900. The topological polar surface area (TPSA) is 24.5 Å². The molecule has 2 heterocycles. The highest BCUT2D eigenvalue weighted by Crippen LogP contribution is 2.23. The Morgan fingerprint density at radius 3 is 2.95 bits per heavy atom. The van der Waals surface area contributed by atoms with E-state index in [0.29, 0.717) is 12.1 Å². The van der Waals surface area contributed by atoms with Gasteiger partial charge in [0.15, 0.2) is 0 Å². The molecule has 2 saturated heterocycles. The van der Waals surface area contributed by atoms with Crippen molar-refractivity contribution in [1.29, 1.82) is 0 Å². The molecule has 20 heavy (non-hydrogen) atoms. The number of nitrogens with one attached hydrogen (secondary N) is 1. The summed E-state index contributed by atoms with van der Waals surface area (Å²) in [7, 11) is 0. The maximum atomic E-state index is 5.72. The molecule has 0 aromatic heterocycles. The lowest BCUT2D eigenvalue weighted by Crippen LogP contribution is -2.46. The van der Waals surface area contributed by atoms with Gasteiger partial charge in [-0.15, -0.1) is 0 Å². The molecule has 0 radical (unpaired) electrons. The van der Waals surface area contributed by atoms with Gasteiger partial charge in [0.25, 0.3) is 0 Å². The maximum absolute atomic E-state index is 5.72. The summed E-state index contributed by atoms with van der Waals surface area (Å²) in [4.78, 5) is 2.64. The number of hydrogen-bond acceptors (Lipinski definition) is 3. The van der Waals surface area contributed by atoms with Gasteiger partial charge in [0.05, 0.1) is 6.10 Å². The van der Waals surface area contributed by atoms with Gasteiger partial charge >= 0.3 is 0 Å². The highest BCUT2D eigenvalue weighted by atomic mass is 16.5. The van der Waals surface area contributed by atoms with Gasteiger partial charge in [-0.05, 0) is 37.8 Å². The molecule has 3 heteroatoms. The van der Waals surface area contributed by atoms with Gasteiger partial charge in [-0.25, -0.2) is 0 Å². The summed E-state index contributed by atoms with van der Waals surface area (Å²) in [5.41, 5.74) is 1.44. The highest BCUT2D eigenvalue weighted by Gasteiger charge is 2.23. The fraction of sp³-hybridized carbons (Fsp3) is 0.647. The molecule has 110 valence electrons. The normalized spacial score (nSPS) is 27.8.